The second-order valence-electron chi connectivity index (χ2n) is 8.51. The van der Waals surface area contributed by atoms with E-state index in [9.17, 15) is 8.42 Å². The van der Waals surface area contributed by atoms with E-state index in [1.165, 1.54) is 10.9 Å². The number of aromatic nitrogens is 1. The van der Waals surface area contributed by atoms with Crippen LogP contribution < -0.4 is 0 Å². The Balaban J connectivity index is 1.72. The van der Waals surface area contributed by atoms with Crippen molar-refractivity contribution in [1.29, 1.82) is 0 Å². The van der Waals surface area contributed by atoms with Gasteiger partial charge in [-0.3, -0.25) is 0 Å². The molecule has 0 bridgehead atoms. The number of sulfonamides is 1. The van der Waals surface area contributed by atoms with Crippen LogP contribution in [0.25, 0.3) is 10.9 Å². The fourth-order valence-electron chi connectivity index (χ4n) is 4.77. The van der Waals surface area contributed by atoms with Gasteiger partial charge in [-0.15, -0.1) is 0 Å². The van der Waals surface area contributed by atoms with Crippen molar-refractivity contribution in [2.75, 3.05) is 6.54 Å². The lowest BCUT2D eigenvalue weighted by molar-refractivity contribution is 0.340. The van der Waals surface area contributed by atoms with E-state index in [2.05, 4.69) is 17.1 Å². The molecule has 0 amide bonds. The Morgan fingerprint density at radius 1 is 0.903 bits per heavy atom. The summed E-state index contributed by atoms with van der Waals surface area (Å²) in [5, 5.41) is 1.18. The van der Waals surface area contributed by atoms with Crippen LogP contribution in [0, 0.1) is 20.8 Å². The van der Waals surface area contributed by atoms with Crippen molar-refractivity contribution < 1.29 is 8.42 Å². The number of nitrogens with one attached hydrogen (secondary N) is 1. The van der Waals surface area contributed by atoms with E-state index in [1.54, 1.807) is 10.4 Å². The minimum atomic E-state index is -3.68. The Labute approximate surface area is 183 Å². The van der Waals surface area contributed by atoms with Crippen LogP contribution in [-0.4, -0.2) is 24.3 Å². The highest BCUT2D eigenvalue weighted by atomic mass is 32.2. The second kappa shape index (κ2) is 7.36. The van der Waals surface area contributed by atoms with E-state index in [0.717, 1.165) is 33.5 Å². The predicted molar refractivity (Wildman–Crippen MR) is 125 cm³/mol. The highest BCUT2D eigenvalue weighted by Crippen LogP contribution is 2.41. The average molecular weight is 431 g/mol. The summed E-state index contributed by atoms with van der Waals surface area (Å²) in [7, 11) is -3.68. The molecule has 1 N–H and O–H groups in total. The van der Waals surface area contributed by atoms with Crippen LogP contribution in [0.4, 0.5) is 0 Å². The number of H-pyrrole nitrogens is 1. The quantitative estimate of drug-likeness (QED) is 0.471. The van der Waals surface area contributed by atoms with Crippen LogP contribution in [0.3, 0.4) is 0 Å². The second-order valence-corrected chi connectivity index (χ2v) is 10.4. The molecule has 1 aliphatic heterocycles. The van der Waals surface area contributed by atoms with Crippen LogP contribution in [0.2, 0.25) is 0 Å². The fourth-order valence-corrected chi connectivity index (χ4v) is 6.57. The summed E-state index contributed by atoms with van der Waals surface area (Å²) < 4.78 is 29.5. The zero-order valence-electron chi connectivity index (χ0n) is 18.0. The third-order valence-electron chi connectivity index (χ3n) is 6.30. The Hall–Kier alpha value is -2.89. The molecule has 2 heterocycles. The first-order chi connectivity index (χ1) is 14.9. The highest BCUT2D eigenvalue weighted by Gasteiger charge is 2.39. The van der Waals surface area contributed by atoms with Crippen LogP contribution >= 0.6 is 0 Å². The summed E-state index contributed by atoms with van der Waals surface area (Å²) in [5.74, 6) is 0. The summed E-state index contributed by atoms with van der Waals surface area (Å²) in [6.45, 7) is 6.35. The molecule has 0 aliphatic carbocycles. The first kappa shape index (κ1) is 20.0. The minimum absolute atomic E-state index is 0.384. The lowest BCUT2D eigenvalue weighted by Crippen LogP contribution is -2.40. The minimum Gasteiger partial charge on any atom is -0.357 e. The lowest BCUT2D eigenvalue weighted by Gasteiger charge is -2.35. The molecule has 5 rings (SSSR count). The van der Waals surface area contributed by atoms with E-state index < -0.39 is 10.0 Å². The molecule has 0 spiro atoms. The van der Waals surface area contributed by atoms with Gasteiger partial charge in [-0.1, -0.05) is 65.7 Å². The monoisotopic (exact) mass is 430 g/mol. The molecule has 4 nitrogen and oxygen atoms in total. The maximum Gasteiger partial charge on any atom is 0.244 e. The molecule has 0 fully saturated rings. The van der Waals surface area contributed by atoms with Crippen molar-refractivity contribution >= 4 is 20.9 Å². The van der Waals surface area contributed by atoms with Crippen molar-refractivity contribution in [3.8, 4) is 0 Å². The smallest absolute Gasteiger partial charge is 0.244 e. The molecule has 1 atom stereocenters. The Kier molecular flexibility index (Phi) is 4.76. The molecule has 3 aromatic carbocycles. The number of benzene rings is 3. The molecule has 1 unspecified atom stereocenters. The number of aromatic amines is 1. The van der Waals surface area contributed by atoms with Gasteiger partial charge in [-0.05, 0) is 56.0 Å². The van der Waals surface area contributed by atoms with Gasteiger partial charge < -0.3 is 4.98 Å². The van der Waals surface area contributed by atoms with Crippen LogP contribution in [-0.2, 0) is 16.4 Å². The summed E-state index contributed by atoms with van der Waals surface area (Å²) in [5.41, 5.74) is 7.22. The number of aryl methyl sites for hydroxylation is 3. The van der Waals surface area contributed by atoms with Gasteiger partial charge in [0.25, 0.3) is 0 Å². The molecule has 1 aromatic heterocycles. The summed E-state index contributed by atoms with van der Waals surface area (Å²) >= 11 is 0. The summed E-state index contributed by atoms with van der Waals surface area (Å²) in [6.07, 6.45) is 0.686. The van der Waals surface area contributed by atoms with Crippen molar-refractivity contribution in [3.05, 3.63) is 100 Å². The Morgan fingerprint density at radius 2 is 1.61 bits per heavy atom. The third-order valence-corrected chi connectivity index (χ3v) is 8.33. The summed E-state index contributed by atoms with van der Waals surface area (Å²) in [6, 6.07) is 21.6. The van der Waals surface area contributed by atoms with Crippen molar-refractivity contribution in [3.63, 3.8) is 0 Å². The fraction of sp³-hybridized carbons (Fsp3) is 0.231. The Bertz CT molecular complexity index is 1380. The molecule has 0 radical (unpaired) electrons. The van der Waals surface area contributed by atoms with Gasteiger partial charge in [0.05, 0.1) is 10.9 Å². The van der Waals surface area contributed by atoms with Crippen LogP contribution in [0.1, 0.15) is 39.6 Å². The van der Waals surface area contributed by atoms with Crippen molar-refractivity contribution in [1.82, 2.24) is 9.29 Å². The van der Waals surface area contributed by atoms with Gasteiger partial charge in [0.1, 0.15) is 0 Å². The van der Waals surface area contributed by atoms with Crippen molar-refractivity contribution in [2.24, 2.45) is 0 Å². The molecule has 0 saturated heterocycles. The van der Waals surface area contributed by atoms with Crippen LogP contribution in [0.15, 0.2) is 71.6 Å². The van der Waals surface area contributed by atoms with E-state index >= 15 is 0 Å². The maximum absolute atomic E-state index is 13.9. The number of para-hydroxylation sites is 1. The van der Waals surface area contributed by atoms with Crippen molar-refractivity contribution in [2.45, 2.75) is 38.1 Å². The molecule has 5 heteroatoms. The summed E-state index contributed by atoms with van der Waals surface area (Å²) in [4.78, 5) is 3.93. The van der Waals surface area contributed by atoms with Crippen LogP contribution in [0.5, 0.6) is 0 Å². The standard InChI is InChI=1S/C26H26N2O2S/c1-17-8-11-20(12-9-17)26-25-22(21-6-4-5-7-23(21)27-25)14-15-28(26)31(29,30)24-13-10-18(2)16-19(24)3/h4-13,16,26-27H,14-15H2,1-3H3. The zero-order chi connectivity index (χ0) is 21.8. The number of hydrogen-bond acceptors (Lipinski definition) is 2. The van der Waals surface area contributed by atoms with E-state index in [-0.39, 0.29) is 6.04 Å². The molecular weight excluding hydrogens is 404 g/mol. The normalized spacial score (nSPS) is 17.1. The van der Waals surface area contributed by atoms with E-state index in [1.807, 2.05) is 69.3 Å². The van der Waals surface area contributed by atoms with Gasteiger partial charge in [0, 0.05) is 23.1 Å². The number of rotatable bonds is 3. The number of nitrogens with zero attached hydrogens (tertiary/aromatic N) is 1. The first-order valence-corrected chi connectivity index (χ1v) is 12.1. The van der Waals surface area contributed by atoms with Gasteiger partial charge in [-0.25, -0.2) is 8.42 Å². The molecule has 31 heavy (non-hydrogen) atoms. The van der Waals surface area contributed by atoms with E-state index in [4.69, 9.17) is 0 Å². The number of hydrogen-bond donors (Lipinski definition) is 1. The van der Waals surface area contributed by atoms with E-state index in [0.29, 0.717) is 17.9 Å². The molecule has 4 aromatic rings. The molecule has 158 valence electrons. The molecule has 0 saturated carbocycles. The largest absolute Gasteiger partial charge is 0.357 e. The van der Waals surface area contributed by atoms with Gasteiger partial charge in [0.15, 0.2) is 0 Å². The lowest BCUT2D eigenvalue weighted by atomic mass is 9.94. The predicted octanol–water partition coefficient (Wildman–Crippen LogP) is 5.43. The van der Waals surface area contributed by atoms with Gasteiger partial charge in [-0.2, -0.15) is 4.31 Å². The average Bonchev–Trinajstić information content (AvgIpc) is 3.12. The van der Waals surface area contributed by atoms with Gasteiger partial charge >= 0.3 is 0 Å². The number of fused-ring (bicyclic) bond motifs is 3. The molecule has 1 aliphatic rings. The maximum atomic E-state index is 13.9. The zero-order valence-corrected chi connectivity index (χ0v) is 18.8. The molecular formula is C26H26N2O2S. The highest BCUT2D eigenvalue weighted by molar-refractivity contribution is 7.89. The first-order valence-electron chi connectivity index (χ1n) is 10.6. The topological polar surface area (TPSA) is 53.2 Å². The Morgan fingerprint density at radius 3 is 2.35 bits per heavy atom. The van der Waals surface area contributed by atoms with Gasteiger partial charge in [0.2, 0.25) is 10.0 Å². The SMILES string of the molecule is Cc1ccc(C2c3[nH]c4ccccc4c3CCN2S(=O)(=O)c2ccc(C)cc2C)cc1. The third kappa shape index (κ3) is 3.29.